The first kappa shape index (κ1) is 9.99. The maximum Gasteiger partial charge on any atom is 0.185 e. The van der Waals surface area contributed by atoms with E-state index in [4.69, 9.17) is 4.42 Å². The van der Waals surface area contributed by atoms with Crippen LogP contribution in [0.25, 0.3) is 0 Å². The molecule has 1 aromatic rings. The van der Waals surface area contributed by atoms with E-state index in [9.17, 15) is 4.79 Å². The SMILES string of the molecule is CCN(CC)Cc1ccc(C=O)o1. The van der Waals surface area contributed by atoms with Crippen LogP contribution in [0, 0.1) is 0 Å². The molecule has 3 heteroatoms. The maximum absolute atomic E-state index is 10.3. The van der Waals surface area contributed by atoms with Crippen molar-refractivity contribution >= 4 is 6.29 Å². The van der Waals surface area contributed by atoms with Crippen molar-refractivity contribution in [2.24, 2.45) is 0 Å². The normalized spacial score (nSPS) is 10.7. The zero-order chi connectivity index (χ0) is 9.68. The van der Waals surface area contributed by atoms with Gasteiger partial charge in [-0.25, -0.2) is 0 Å². The van der Waals surface area contributed by atoms with Crippen molar-refractivity contribution < 1.29 is 9.21 Å². The first-order chi connectivity index (χ1) is 6.30. The van der Waals surface area contributed by atoms with E-state index in [-0.39, 0.29) is 0 Å². The van der Waals surface area contributed by atoms with E-state index in [0.717, 1.165) is 31.7 Å². The van der Waals surface area contributed by atoms with Crippen molar-refractivity contribution in [2.75, 3.05) is 13.1 Å². The first-order valence-corrected chi connectivity index (χ1v) is 4.56. The molecule has 0 radical (unpaired) electrons. The van der Waals surface area contributed by atoms with Crippen LogP contribution in [0.2, 0.25) is 0 Å². The molecule has 0 fully saturated rings. The number of aldehydes is 1. The van der Waals surface area contributed by atoms with Crippen LogP contribution in [0.15, 0.2) is 16.5 Å². The first-order valence-electron chi connectivity index (χ1n) is 4.56. The van der Waals surface area contributed by atoms with Crippen LogP contribution in [0.1, 0.15) is 30.2 Å². The zero-order valence-electron chi connectivity index (χ0n) is 8.12. The molecule has 1 heterocycles. The summed E-state index contributed by atoms with van der Waals surface area (Å²) in [5.41, 5.74) is 0. The largest absolute Gasteiger partial charge is 0.457 e. The highest BCUT2D eigenvalue weighted by atomic mass is 16.3. The second-order valence-corrected chi connectivity index (χ2v) is 2.88. The van der Waals surface area contributed by atoms with Crippen molar-refractivity contribution in [1.29, 1.82) is 0 Å². The van der Waals surface area contributed by atoms with Gasteiger partial charge in [-0.15, -0.1) is 0 Å². The summed E-state index contributed by atoms with van der Waals surface area (Å²) in [7, 11) is 0. The fourth-order valence-corrected chi connectivity index (χ4v) is 1.21. The molecule has 0 spiro atoms. The van der Waals surface area contributed by atoms with Crippen LogP contribution in [-0.2, 0) is 6.54 Å². The van der Waals surface area contributed by atoms with Gasteiger partial charge in [0.1, 0.15) is 5.76 Å². The Balaban J connectivity index is 2.57. The molecule has 0 saturated carbocycles. The summed E-state index contributed by atoms with van der Waals surface area (Å²) in [5.74, 6) is 1.26. The Morgan fingerprint density at radius 2 is 2.08 bits per heavy atom. The minimum Gasteiger partial charge on any atom is -0.457 e. The minimum absolute atomic E-state index is 0.405. The lowest BCUT2D eigenvalue weighted by atomic mass is 10.4. The zero-order valence-corrected chi connectivity index (χ0v) is 8.12. The average molecular weight is 181 g/mol. The van der Waals surface area contributed by atoms with Gasteiger partial charge in [-0.3, -0.25) is 9.69 Å². The molecule has 0 aromatic carbocycles. The minimum atomic E-state index is 0.405. The summed E-state index contributed by atoms with van der Waals surface area (Å²) >= 11 is 0. The highest BCUT2D eigenvalue weighted by Gasteiger charge is 2.04. The summed E-state index contributed by atoms with van der Waals surface area (Å²) in [6.07, 6.45) is 0.728. The van der Waals surface area contributed by atoms with Gasteiger partial charge < -0.3 is 4.42 Å². The molecule has 0 N–H and O–H groups in total. The van der Waals surface area contributed by atoms with Crippen LogP contribution >= 0.6 is 0 Å². The van der Waals surface area contributed by atoms with E-state index >= 15 is 0 Å². The van der Waals surface area contributed by atoms with E-state index in [0.29, 0.717) is 5.76 Å². The van der Waals surface area contributed by atoms with Gasteiger partial charge in [0.2, 0.25) is 0 Å². The van der Waals surface area contributed by atoms with Crippen molar-refractivity contribution in [3.8, 4) is 0 Å². The summed E-state index contributed by atoms with van der Waals surface area (Å²) in [6, 6.07) is 3.55. The monoisotopic (exact) mass is 181 g/mol. The summed E-state index contributed by atoms with van der Waals surface area (Å²) in [5, 5.41) is 0. The highest BCUT2D eigenvalue weighted by molar-refractivity contribution is 5.70. The fraction of sp³-hybridized carbons (Fsp3) is 0.500. The van der Waals surface area contributed by atoms with Gasteiger partial charge in [0, 0.05) is 0 Å². The average Bonchev–Trinajstić information content (AvgIpc) is 2.61. The lowest BCUT2D eigenvalue weighted by Gasteiger charge is -2.15. The van der Waals surface area contributed by atoms with Gasteiger partial charge in [-0.05, 0) is 25.2 Å². The predicted molar refractivity (Wildman–Crippen MR) is 50.7 cm³/mol. The van der Waals surface area contributed by atoms with Gasteiger partial charge in [-0.1, -0.05) is 13.8 Å². The number of hydrogen-bond donors (Lipinski definition) is 0. The summed E-state index contributed by atoms with van der Waals surface area (Å²) in [6.45, 7) is 6.97. The molecule has 1 rings (SSSR count). The molecule has 13 heavy (non-hydrogen) atoms. The number of carbonyl (C=O) groups is 1. The van der Waals surface area contributed by atoms with Crippen LogP contribution in [0.4, 0.5) is 0 Å². The standard InChI is InChI=1S/C10H15NO2/c1-3-11(4-2)7-9-5-6-10(8-12)13-9/h5-6,8H,3-4,7H2,1-2H3. The van der Waals surface area contributed by atoms with Crippen molar-refractivity contribution in [3.63, 3.8) is 0 Å². The highest BCUT2D eigenvalue weighted by Crippen LogP contribution is 2.08. The summed E-state index contributed by atoms with van der Waals surface area (Å²) < 4.78 is 5.26. The lowest BCUT2D eigenvalue weighted by Crippen LogP contribution is -2.21. The van der Waals surface area contributed by atoms with E-state index in [1.165, 1.54) is 0 Å². The number of furan rings is 1. The van der Waals surface area contributed by atoms with Crippen LogP contribution in [0.5, 0.6) is 0 Å². The second kappa shape index (κ2) is 4.82. The third-order valence-electron chi connectivity index (χ3n) is 2.07. The Hall–Kier alpha value is -1.09. The summed E-state index contributed by atoms with van der Waals surface area (Å²) in [4.78, 5) is 12.6. The smallest absolute Gasteiger partial charge is 0.185 e. The van der Waals surface area contributed by atoms with Crippen LogP contribution in [-0.4, -0.2) is 24.3 Å². The molecule has 0 amide bonds. The molecule has 3 nitrogen and oxygen atoms in total. The third-order valence-corrected chi connectivity index (χ3v) is 2.07. The van der Waals surface area contributed by atoms with Crippen LogP contribution < -0.4 is 0 Å². The molecule has 0 aliphatic rings. The molecule has 0 aliphatic carbocycles. The Labute approximate surface area is 78.3 Å². The predicted octanol–water partition coefficient (Wildman–Crippen LogP) is 1.93. The lowest BCUT2D eigenvalue weighted by molar-refractivity contribution is 0.109. The number of carbonyl (C=O) groups excluding carboxylic acids is 1. The fourth-order valence-electron chi connectivity index (χ4n) is 1.21. The van der Waals surface area contributed by atoms with Crippen LogP contribution in [0.3, 0.4) is 0 Å². The van der Waals surface area contributed by atoms with E-state index < -0.39 is 0 Å². The van der Waals surface area contributed by atoms with Gasteiger partial charge >= 0.3 is 0 Å². The van der Waals surface area contributed by atoms with Gasteiger partial charge in [-0.2, -0.15) is 0 Å². The Bertz CT molecular complexity index is 264. The third kappa shape index (κ3) is 2.70. The maximum atomic E-state index is 10.3. The Morgan fingerprint density at radius 3 is 2.54 bits per heavy atom. The van der Waals surface area contributed by atoms with Gasteiger partial charge in [0.25, 0.3) is 0 Å². The van der Waals surface area contributed by atoms with Gasteiger partial charge in [0.15, 0.2) is 12.0 Å². The Kier molecular flexibility index (Phi) is 3.71. The van der Waals surface area contributed by atoms with Crippen molar-refractivity contribution in [3.05, 3.63) is 23.7 Å². The Morgan fingerprint density at radius 1 is 1.38 bits per heavy atom. The van der Waals surface area contributed by atoms with E-state index in [1.807, 2.05) is 6.07 Å². The number of rotatable bonds is 5. The van der Waals surface area contributed by atoms with Crippen molar-refractivity contribution in [2.45, 2.75) is 20.4 Å². The molecular weight excluding hydrogens is 166 g/mol. The molecular formula is C10H15NO2. The molecule has 0 unspecified atom stereocenters. The molecule has 0 saturated heterocycles. The number of hydrogen-bond acceptors (Lipinski definition) is 3. The molecule has 1 aromatic heterocycles. The molecule has 0 bridgehead atoms. The molecule has 0 atom stereocenters. The topological polar surface area (TPSA) is 33.5 Å². The molecule has 0 aliphatic heterocycles. The molecule has 72 valence electrons. The van der Waals surface area contributed by atoms with Gasteiger partial charge in [0.05, 0.1) is 6.54 Å². The number of nitrogens with zero attached hydrogens (tertiary/aromatic N) is 1. The second-order valence-electron chi connectivity index (χ2n) is 2.88. The van der Waals surface area contributed by atoms with E-state index in [1.54, 1.807) is 6.07 Å². The van der Waals surface area contributed by atoms with Crippen molar-refractivity contribution in [1.82, 2.24) is 4.90 Å². The van der Waals surface area contributed by atoms with E-state index in [2.05, 4.69) is 18.7 Å². The quantitative estimate of drug-likeness (QED) is 0.651.